The standard InChI is InChI=1S/C11H16F3N3O2S/c1-17-6-10(4-9(17)5-15-8-2-3-8)20(18,19)16-7-11(12,13)14/h4,6,8,15-16H,2-3,5,7H2,1H3. The van der Waals surface area contributed by atoms with Crippen LogP contribution in [-0.4, -0.2) is 31.7 Å². The summed E-state index contributed by atoms with van der Waals surface area (Å²) in [6.45, 7) is -1.07. The lowest BCUT2D eigenvalue weighted by molar-refractivity contribution is -0.121. The van der Waals surface area contributed by atoms with E-state index in [0.717, 1.165) is 12.8 Å². The third kappa shape index (κ3) is 4.22. The first-order valence-corrected chi connectivity index (χ1v) is 7.61. The number of sulfonamides is 1. The van der Waals surface area contributed by atoms with Crippen LogP contribution in [0.5, 0.6) is 0 Å². The van der Waals surface area contributed by atoms with E-state index in [4.69, 9.17) is 0 Å². The Kier molecular flexibility index (Phi) is 4.12. The zero-order chi connectivity index (χ0) is 15.0. The fourth-order valence-corrected chi connectivity index (χ4v) is 2.80. The number of rotatable bonds is 6. The van der Waals surface area contributed by atoms with Crippen molar-refractivity contribution in [3.63, 3.8) is 0 Å². The molecule has 1 aromatic rings. The van der Waals surface area contributed by atoms with Gasteiger partial charge in [-0.25, -0.2) is 13.1 Å². The number of aromatic nitrogens is 1. The molecule has 0 atom stereocenters. The number of alkyl halides is 3. The van der Waals surface area contributed by atoms with Crippen molar-refractivity contribution in [3.05, 3.63) is 18.0 Å². The van der Waals surface area contributed by atoms with Gasteiger partial charge in [0.05, 0.1) is 4.90 Å². The Morgan fingerprint density at radius 1 is 1.40 bits per heavy atom. The van der Waals surface area contributed by atoms with E-state index in [1.165, 1.54) is 12.3 Å². The molecule has 1 aliphatic carbocycles. The minimum absolute atomic E-state index is 0.156. The van der Waals surface area contributed by atoms with Gasteiger partial charge in [0.15, 0.2) is 0 Å². The molecule has 1 heterocycles. The Bertz CT molecular complexity index is 576. The minimum atomic E-state index is -4.57. The second kappa shape index (κ2) is 5.38. The average molecular weight is 311 g/mol. The van der Waals surface area contributed by atoms with Crippen molar-refractivity contribution >= 4 is 10.0 Å². The van der Waals surface area contributed by atoms with Gasteiger partial charge in [-0.2, -0.15) is 13.2 Å². The number of hydrogen-bond donors (Lipinski definition) is 2. The van der Waals surface area contributed by atoms with Gasteiger partial charge in [-0.05, 0) is 18.9 Å². The summed E-state index contributed by atoms with van der Waals surface area (Å²) in [6.07, 6.45) is -1.06. The smallest absolute Gasteiger partial charge is 0.352 e. The van der Waals surface area contributed by atoms with Crippen LogP contribution >= 0.6 is 0 Å². The molecule has 1 aromatic heterocycles. The second-order valence-corrected chi connectivity index (χ2v) is 6.64. The van der Waals surface area contributed by atoms with Crippen molar-refractivity contribution in [3.8, 4) is 0 Å². The van der Waals surface area contributed by atoms with Gasteiger partial charge in [0.2, 0.25) is 10.0 Å². The largest absolute Gasteiger partial charge is 0.402 e. The summed E-state index contributed by atoms with van der Waals surface area (Å²) in [5, 5.41) is 3.22. The van der Waals surface area contributed by atoms with Crippen LogP contribution in [-0.2, 0) is 23.6 Å². The zero-order valence-corrected chi connectivity index (χ0v) is 11.7. The van der Waals surface area contributed by atoms with Crippen molar-refractivity contribution in [2.45, 2.75) is 36.5 Å². The number of halogens is 3. The molecular formula is C11H16F3N3O2S. The van der Waals surface area contributed by atoms with Gasteiger partial charge >= 0.3 is 6.18 Å². The maximum atomic E-state index is 12.1. The van der Waals surface area contributed by atoms with Gasteiger partial charge in [-0.1, -0.05) is 0 Å². The number of hydrogen-bond acceptors (Lipinski definition) is 3. The Morgan fingerprint density at radius 3 is 2.60 bits per heavy atom. The molecule has 0 aromatic carbocycles. The lowest BCUT2D eigenvalue weighted by Crippen LogP contribution is -2.33. The molecule has 1 aliphatic rings. The molecule has 5 nitrogen and oxygen atoms in total. The number of nitrogens with zero attached hydrogens (tertiary/aromatic N) is 1. The van der Waals surface area contributed by atoms with E-state index in [0.29, 0.717) is 18.3 Å². The summed E-state index contributed by atoms with van der Waals surface area (Å²) in [4.78, 5) is -0.156. The Balaban J connectivity index is 2.05. The normalized spacial score (nSPS) is 16.6. The van der Waals surface area contributed by atoms with Crippen LogP contribution < -0.4 is 10.0 Å². The van der Waals surface area contributed by atoms with E-state index in [1.807, 2.05) is 0 Å². The first kappa shape index (κ1) is 15.3. The topological polar surface area (TPSA) is 63.1 Å². The summed E-state index contributed by atoms with van der Waals surface area (Å²) in [5.41, 5.74) is 0.712. The number of nitrogens with one attached hydrogen (secondary N) is 2. The van der Waals surface area contributed by atoms with E-state index in [1.54, 1.807) is 16.3 Å². The Morgan fingerprint density at radius 2 is 2.05 bits per heavy atom. The molecule has 20 heavy (non-hydrogen) atoms. The van der Waals surface area contributed by atoms with E-state index >= 15 is 0 Å². The SMILES string of the molecule is Cn1cc(S(=O)(=O)NCC(F)(F)F)cc1CNC1CC1. The summed E-state index contributed by atoms with van der Waals surface area (Å²) in [5.74, 6) is 0. The quantitative estimate of drug-likeness (QED) is 0.827. The van der Waals surface area contributed by atoms with Crippen molar-refractivity contribution in [1.82, 2.24) is 14.6 Å². The molecule has 0 amide bonds. The monoisotopic (exact) mass is 311 g/mol. The highest BCUT2D eigenvalue weighted by molar-refractivity contribution is 7.89. The summed E-state index contributed by atoms with van der Waals surface area (Å²) in [7, 11) is -2.48. The van der Waals surface area contributed by atoms with E-state index in [9.17, 15) is 21.6 Å². The summed E-state index contributed by atoms with van der Waals surface area (Å²) < 4.78 is 62.8. The molecule has 0 bridgehead atoms. The van der Waals surface area contributed by atoms with Gasteiger partial charge < -0.3 is 9.88 Å². The van der Waals surface area contributed by atoms with Crippen molar-refractivity contribution in [2.24, 2.45) is 7.05 Å². The van der Waals surface area contributed by atoms with Crippen molar-refractivity contribution in [1.29, 1.82) is 0 Å². The van der Waals surface area contributed by atoms with Crippen LogP contribution in [0.2, 0.25) is 0 Å². The molecule has 0 spiro atoms. The van der Waals surface area contributed by atoms with Gasteiger partial charge in [0.1, 0.15) is 6.54 Å². The second-order valence-electron chi connectivity index (χ2n) is 4.87. The van der Waals surface area contributed by atoms with Gasteiger partial charge in [-0.3, -0.25) is 0 Å². The fourth-order valence-electron chi connectivity index (χ4n) is 1.70. The first-order valence-electron chi connectivity index (χ1n) is 6.12. The van der Waals surface area contributed by atoms with Crippen molar-refractivity contribution in [2.75, 3.05) is 6.54 Å². The van der Waals surface area contributed by atoms with Gasteiger partial charge in [0, 0.05) is 31.5 Å². The highest BCUT2D eigenvalue weighted by Gasteiger charge is 2.30. The molecule has 114 valence electrons. The van der Waals surface area contributed by atoms with Gasteiger partial charge in [0.25, 0.3) is 0 Å². The molecule has 0 aliphatic heterocycles. The molecule has 0 radical (unpaired) electrons. The first-order chi connectivity index (χ1) is 9.17. The third-order valence-corrected chi connectivity index (χ3v) is 4.37. The van der Waals surface area contributed by atoms with Crippen LogP contribution in [0.4, 0.5) is 13.2 Å². The van der Waals surface area contributed by atoms with Gasteiger partial charge in [-0.15, -0.1) is 0 Å². The number of aryl methyl sites for hydroxylation is 1. The zero-order valence-electron chi connectivity index (χ0n) is 10.9. The minimum Gasteiger partial charge on any atom is -0.352 e. The molecule has 2 rings (SSSR count). The van der Waals surface area contributed by atoms with E-state index in [-0.39, 0.29) is 4.90 Å². The summed E-state index contributed by atoms with van der Waals surface area (Å²) >= 11 is 0. The lowest BCUT2D eigenvalue weighted by atomic mass is 10.4. The Hall–Kier alpha value is -1.06. The van der Waals surface area contributed by atoms with Crippen LogP contribution in [0, 0.1) is 0 Å². The maximum absolute atomic E-state index is 12.1. The lowest BCUT2D eigenvalue weighted by Gasteiger charge is -2.07. The van der Waals surface area contributed by atoms with Crippen LogP contribution in [0.15, 0.2) is 17.2 Å². The third-order valence-electron chi connectivity index (χ3n) is 3.00. The van der Waals surface area contributed by atoms with Crippen molar-refractivity contribution < 1.29 is 21.6 Å². The maximum Gasteiger partial charge on any atom is 0.402 e. The molecule has 0 saturated heterocycles. The molecule has 1 saturated carbocycles. The van der Waals surface area contributed by atoms with Crippen LogP contribution in [0.3, 0.4) is 0 Å². The van der Waals surface area contributed by atoms with Crippen LogP contribution in [0.25, 0.3) is 0 Å². The Labute approximate surface area is 115 Å². The molecule has 1 fully saturated rings. The molecule has 9 heteroatoms. The van der Waals surface area contributed by atoms with E-state index in [2.05, 4.69) is 5.32 Å². The van der Waals surface area contributed by atoms with Crippen LogP contribution in [0.1, 0.15) is 18.5 Å². The average Bonchev–Trinajstić information content (AvgIpc) is 3.07. The molecule has 2 N–H and O–H groups in total. The summed E-state index contributed by atoms with van der Waals surface area (Å²) in [6, 6.07) is 1.85. The molecule has 0 unspecified atom stereocenters. The molecular weight excluding hydrogens is 295 g/mol. The fraction of sp³-hybridized carbons (Fsp3) is 0.636. The highest BCUT2D eigenvalue weighted by atomic mass is 32.2. The van der Waals surface area contributed by atoms with E-state index < -0.39 is 22.7 Å². The predicted molar refractivity (Wildman–Crippen MR) is 66.5 cm³/mol. The predicted octanol–water partition coefficient (Wildman–Crippen LogP) is 1.12. The highest BCUT2D eigenvalue weighted by Crippen LogP contribution is 2.21.